The Morgan fingerprint density at radius 1 is 1.06 bits per heavy atom. The van der Waals surface area contributed by atoms with Crippen LogP contribution >= 0.6 is 0 Å². The first kappa shape index (κ1) is 10.5. The summed E-state index contributed by atoms with van der Waals surface area (Å²) in [6.07, 6.45) is 1.84. The zero-order valence-corrected chi connectivity index (χ0v) is 9.67. The molecule has 3 aromatic rings. The van der Waals surface area contributed by atoms with Gasteiger partial charge in [-0.3, -0.25) is 5.41 Å². The van der Waals surface area contributed by atoms with Crippen molar-refractivity contribution in [2.75, 3.05) is 0 Å². The number of nitrogens with two attached hydrogens (primary N) is 1. The average Bonchev–Trinajstić information content (AvgIpc) is 2.82. The van der Waals surface area contributed by atoms with Gasteiger partial charge in [-0.2, -0.15) is 5.10 Å². The highest BCUT2D eigenvalue weighted by Gasteiger charge is 2.04. The van der Waals surface area contributed by atoms with Crippen molar-refractivity contribution in [3.63, 3.8) is 0 Å². The van der Waals surface area contributed by atoms with E-state index in [0.717, 1.165) is 22.2 Å². The van der Waals surface area contributed by atoms with Gasteiger partial charge in [0.2, 0.25) is 0 Å². The quantitative estimate of drug-likeness (QED) is 0.529. The van der Waals surface area contributed by atoms with Crippen molar-refractivity contribution in [3.8, 4) is 5.69 Å². The van der Waals surface area contributed by atoms with Gasteiger partial charge in [0.25, 0.3) is 0 Å². The minimum absolute atomic E-state index is 0.0758. The van der Waals surface area contributed by atoms with Gasteiger partial charge in [0.05, 0.1) is 17.4 Å². The van der Waals surface area contributed by atoms with Crippen LogP contribution in [0.15, 0.2) is 54.7 Å². The first-order chi connectivity index (χ1) is 8.75. The van der Waals surface area contributed by atoms with E-state index in [0.29, 0.717) is 0 Å². The number of rotatable bonds is 2. The van der Waals surface area contributed by atoms with E-state index >= 15 is 0 Å². The number of para-hydroxylation sites is 1. The number of fused-ring (bicyclic) bond motifs is 1. The molecule has 0 spiro atoms. The fourth-order valence-corrected chi connectivity index (χ4v) is 1.96. The number of nitrogens with one attached hydrogen (secondary N) is 1. The third-order valence-electron chi connectivity index (χ3n) is 2.90. The van der Waals surface area contributed by atoms with Crippen molar-refractivity contribution >= 4 is 16.7 Å². The third-order valence-corrected chi connectivity index (χ3v) is 2.90. The lowest BCUT2D eigenvalue weighted by atomic mass is 10.2. The maximum absolute atomic E-state index is 7.37. The largest absolute Gasteiger partial charge is 0.384 e. The highest BCUT2D eigenvalue weighted by atomic mass is 15.3. The maximum Gasteiger partial charge on any atom is 0.122 e. The third kappa shape index (κ3) is 1.64. The monoisotopic (exact) mass is 236 g/mol. The lowest BCUT2D eigenvalue weighted by Gasteiger charge is -2.04. The Balaban J connectivity index is 2.12. The molecule has 0 aliphatic carbocycles. The molecular formula is C14H12N4. The molecule has 0 amide bonds. The normalized spacial score (nSPS) is 10.7. The van der Waals surface area contributed by atoms with Gasteiger partial charge in [-0.05, 0) is 30.3 Å². The molecule has 4 heteroatoms. The number of amidine groups is 1. The summed E-state index contributed by atoms with van der Waals surface area (Å²) in [5.74, 6) is 0.0758. The first-order valence-corrected chi connectivity index (χ1v) is 5.63. The molecule has 3 N–H and O–H groups in total. The Morgan fingerprint density at radius 2 is 1.78 bits per heavy atom. The Labute approximate surface area is 104 Å². The second-order valence-electron chi connectivity index (χ2n) is 4.08. The molecule has 1 aromatic heterocycles. The molecule has 0 aliphatic heterocycles. The number of nitrogens with zero attached hydrogens (tertiary/aromatic N) is 2. The van der Waals surface area contributed by atoms with E-state index in [1.165, 1.54) is 0 Å². The van der Waals surface area contributed by atoms with Crippen LogP contribution in [0.1, 0.15) is 5.56 Å². The van der Waals surface area contributed by atoms with E-state index in [4.69, 9.17) is 11.1 Å². The van der Waals surface area contributed by atoms with E-state index in [-0.39, 0.29) is 5.84 Å². The summed E-state index contributed by atoms with van der Waals surface area (Å²) in [6, 6.07) is 15.5. The minimum atomic E-state index is 0.0758. The van der Waals surface area contributed by atoms with Crippen LogP contribution in [0, 0.1) is 5.41 Å². The Kier molecular flexibility index (Phi) is 2.34. The van der Waals surface area contributed by atoms with Crippen LogP contribution in [-0.4, -0.2) is 15.6 Å². The number of hydrogen-bond donors (Lipinski definition) is 2. The van der Waals surface area contributed by atoms with E-state index < -0.39 is 0 Å². The van der Waals surface area contributed by atoms with Crippen molar-refractivity contribution in [2.24, 2.45) is 5.73 Å². The van der Waals surface area contributed by atoms with Crippen LogP contribution < -0.4 is 5.73 Å². The molecule has 0 fully saturated rings. The van der Waals surface area contributed by atoms with Gasteiger partial charge in [0.15, 0.2) is 0 Å². The van der Waals surface area contributed by atoms with Gasteiger partial charge in [0.1, 0.15) is 5.84 Å². The van der Waals surface area contributed by atoms with Crippen molar-refractivity contribution < 1.29 is 0 Å². The summed E-state index contributed by atoms with van der Waals surface area (Å²) in [4.78, 5) is 0. The Bertz CT molecular complexity index is 710. The van der Waals surface area contributed by atoms with Crippen LogP contribution in [0.25, 0.3) is 16.6 Å². The first-order valence-electron chi connectivity index (χ1n) is 5.63. The topological polar surface area (TPSA) is 67.7 Å². The van der Waals surface area contributed by atoms with E-state index in [1.54, 1.807) is 0 Å². The summed E-state index contributed by atoms with van der Waals surface area (Å²) >= 11 is 0. The lowest BCUT2D eigenvalue weighted by Crippen LogP contribution is -2.10. The highest BCUT2D eigenvalue weighted by molar-refractivity contribution is 5.95. The van der Waals surface area contributed by atoms with Gasteiger partial charge in [-0.25, -0.2) is 4.68 Å². The standard InChI is InChI=1S/C14H12N4/c15-14(16)10-5-7-12(8-6-10)18-13-4-2-1-3-11(13)9-17-18/h1-9H,(H3,15,16). The molecule has 2 aromatic carbocycles. The van der Waals surface area contributed by atoms with E-state index in [2.05, 4.69) is 5.10 Å². The Hall–Kier alpha value is -2.62. The summed E-state index contributed by atoms with van der Waals surface area (Å²) in [5.41, 5.74) is 8.17. The van der Waals surface area contributed by atoms with Crippen LogP contribution in [-0.2, 0) is 0 Å². The van der Waals surface area contributed by atoms with Gasteiger partial charge in [0, 0.05) is 10.9 Å². The second-order valence-corrected chi connectivity index (χ2v) is 4.08. The average molecular weight is 236 g/mol. The molecule has 1 heterocycles. The number of nitrogen functional groups attached to an aromatic ring is 1. The SMILES string of the molecule is N=C(N)c1ccc(-n2ncc3ccccc32)cc1. The molecule has 18 heavy (non-hydrogen) atoms. The van der Waals surface area contributed by atoms with Gasteiger partial charge in [-0.1, -0.05) is 18.2 Å². The molecule has 0 saturated carbocycles. The van der Waals surface area contributed by atoms with Crippen LogP contribution in [0.3, 0.4) is 0 Å². The fourth-order valence-electron chi connectivity index (χ4n) is 1.96. The molecule has 4 nitrogen and oxygen atoms in total. The number of benzene rings is 2. The van der Waals surface area contributed by atoms with E-state index in [9.17, 15) is 0 Å². The van der Waals surface area contributed by atoms with Crippen molar-refractivity contribution in [3.05, 3.63) is 60.3 Å². The molecule has 0 bridgehead atoms. The van der Waals surface area contributed by atoms with E-state index in [1.807, 2.05) is 59.4 Å². The molecule has 0 saturated heterocycles. The van der Waals surface area contributed by atoms with Crippen LogP contribution in [0.4, 0.5) is 0 Å². The summed E-state index contributed by atoms with van der Waals surface area (Å²) in [7, 11) is 0. The molecule has 3 rings (SSSR count). The summed E-state index contributed by atoms with van der Waals surface area (Å²) < 4.78 is 1.87. The predicted octanol–water partition coefficient (Wildman–Crippen LogP) is 2.31. The molecule has 0 unspecified atom stereocenters. The molecule has 88 valence electrons. The number of aromatic nitrogens is 2. The van der Waals surface area contributed by atoms with Gasteiger partial charge >= 0.3 is 0 Å². The second kappa shape index (κ2) is 4.00. The maximum atomic E-state index is 7.37. The predicted molar refractivity (Wildman–Crippen MR) is 72.1 cm³/mol. The summed E-state index contributed by atoms with van der Waals surface area (Å²) in [6.45, 7) is 0. The molecule has 0 atom stereocenters. The van der Waals surface area contributed by atoms with Crippen molar-refractivity contribution in [2.45, 2.75) is 0 Å². The smallest absolute Gasteiger partial charge is 0.122 e. The zero-order valence-electron chi connectivity index (χ0n) is 9.67. The fraction of sp³-hybridized carbons (Fsp3) is 0. The number of hydrogen-bond acceptors (Lipinski definition) is 2. The minimum Gasteiger partial charge on any atom is -0.384 e. The van der Waals surface area contributed by atoms with Gasteiger partial charge < -0.3 is 5.73 Å². The molecular weight excluding hydrogens is 224 g/mol. The van der Waals surface area contributed by atoms with Crippen LogP contribution in [0.2, 0.25) is 0 Å². The van der Waals surface area contributed by atoms with Crippen molar-refractivity contribution in [1.82, 2.24) is 9.78 Å². The Morgan fingerprint density at radius 3 is 2.50 bits per heavy atom. The molecule has 0 aliphatic rings. The molecule has 0 radical (unpaired) electrons. The lowest BCUT2D eigenvalue weighted by molar-refractivity contribution is 0.910. The van der Waals surface area contributed by atoms with Crippen LogP contribution in [0.5, 0.6) is 0 Å². The van der Waals surface area contributed by atoms with Gasteiger partial charge in [-0.15, -0.1) is 0 Å². The van der Waals surface area contributed by atoms with Crippen molar-refractivity contribution in [1.29, 1.82) is 5.41 Å². The zero-order chi connectivity index (χ0) is 12.5. The summed E-state index contributed by atoms with van der Waals surface area (Å²) in [5, 5.41) is 12.8. The highest BCUT2D eigenvalue weighted by Crippen LogP contribution is 2.18.